The molecule has 1 aliphatic carbocycles. The Morgan fingerprint density at radius 1 is 1.12 bits per heavy atom. The predicted octanol–water partition coefficient (Wildman–Crippen LogP) is 2.74. The molecule has 1 heterocycles. The third-order valence-corrected chi connectivity index (χ3v) is 4.45. The number of rotatable bonds is 2. The van der Waals surface area contributed by atoms with Gasteiger partial charge in [-0.2, -0.15) is 0 Å². The highest BCUT2D eigenvalue weighted by molar-refractivity contribution is 4.76. The topological polar surface area (TPSA) is 15.3 Å². The van der Waals surface area contributed by atoms with E-state index >= 15 is 0 Å². The zero-order valence-corrected chi connectivity index (χ0v) is 11.8. The molecule has 0 amide bonds. The van der Waals surface area contributed by atoms with Crippen molar-refractivity contribution in [2.75, 3.05) is 32.7 Å². The average Bonchev–Trinajstić information content (AvgIpc) is 2.25. The standard InChI is InChI=1S/C15H30N2/c1-13-5-3-6-15(9-13)12-17-8-4-7-16-10-14(2)11-17/h13-16H,3-12H2,1-2H3. The molecule has 3 unspecified atom stereocenters. The van der Waals surface area contributed by atoms with Gasteiger partial charge >= 0.3 is 0 Å². The molecule has 0 aromatic heterocycles. The smallest absolute Gasteiger partial charge is 0.00193 e. The third kappa shape index (κ3) is 4.59. The number of hydrogen-bond acceptors (Lipinski definition) is 2. The maximum absolute atomic E-state index is 3.54. The Morgan fingerprint density at radius 2 is 2.00 bits per heavy atom. The van der Waals surface area contributed by atoms with Crippen LogP contribution in [0.2, 0.25) is 0 Å². The zero-order valence-electron chi connectivity index (χ0n) is 11.8. The Bertz CT molecular complexity index is 217. The summed E-state index contributed by atoms with van der Waals surface area (Å²) in [5.41, 5.74) is 0. The van der Waals surface area contributed by atoms with Crippen LogP contribution in [0.4, 0.5) is 0 Å². The fourth-order valence-electron chi connectivity index (χ4n) is 3.63. The second kappa shape index (κ2) is 6.75. The molecular weight excluding hydrogens is 208 g/mol. The molecule has 100 valence electrons. The SMILES string of the molecule is CC1CCCC(CN2CCCNCC(C)C2)C1. The lowest BCUT2D eigenvalue weighted by Gasteiger charge is -2.34. The van der Waals surface area contributed by atoms with Crippen molar-refractivity contribution in [3.63, 3.8) is 0 Å². The van der Waals surface area contributed by atoms with Gasteiger partial charge in [0.15, 0.2) is 0 Å². The number of nitrogens with one attached hydrogen (secondary N) is 1. The molecular formula is C15H30N2. The van der Waals surface area contributed by atoms with E-state index < -0.39 is 0 Å². The van der Waals surface area contributed by atoms with Crippen molar-refractivity contribution in [2.24, 2.45) is 17.8 Å². The highest BCUT2D eigenvalue weighted by atomic mass is 15.1. The van der Waals surface area contributed by atoms with Crippen molar-refractivity contribution in [3.05, 3.63) is 0 Å². The molecule has 1 N–H and O–H groups in total. The van der Waals surface area contributed by atoms with Crippen molar-refractivity contribution in [2.45, 2.75) is 46.0 Å². The van der Waals surface area contributed by atoms with Crippen molar-refractivity contribution < 1.29 is 0 Å². The van der Waals surface area contributed by atoms with E-state index in [0.717, 1.165) is 17.8 Å². The lowest BCUT2D eigenvalue weighted by Crippen LogP contribution is -2.41. The maximum atomic E-state index is 3.54. The summed E-state index contributed by atoms with van der Waals surface area (Å²) >= 11 is 0. The van der Waals surface area contributed by atoms with Crippen LogP contribution in [0.25, 0.3) is 0 Å². The summed E-state index contributed by atoms with van der Waals surface area (Å²) in [5, 5.41) is 3.54. The summed E-state index contributed by atoms with van der Waals surface area (Å²) < 4.78 is 0. The number of hydrogen-bond donors (Lipinski definition) is 1. The minimum absolute atomic E-state index is 0.816. The molecule has 1 saturated heterocycles. The summed E-state index contributed by atoms with van der Waals surface area (Å²) in [6.07, 6.45) is 7.22. The second-order valence-electron chi connectivity index (χ2n) is 6.56. The van der Waals surface area contributed by atoms with E-state index in [-0.39, 0.29) is 0 Å². The van der Waals surface area contributed by atoms with E-state index in [0.29, 0.717) is 0 Å². The van der Waals surface area contributed by atoms with Crippen LogP contribution < -0.4 is 5.32 Å². The first-order valence-electron chi connectivity index (χ1n) is 7.67. The predicted molar refractivity (Wildman–Crippen MR) is 74.2 cm³/mol. The Kier molecular flexibility index (Phi) is 5.30. The molecule has 0 aromatic carbocycles. The minimum atomic E-state index is 0.816. The summed E-state index contributed by atoms with van der Waals surface area (Å²) in [6, 6.07) is 0. The molecule has 0 spiro atoms. The van der Waals surface area contributed by atoms with Crippen LogP contribution in [0.3, 0.4) is 0 Å². The minimum Gasteiger partial charge on any atom is -0.316 e. The molecule has 3 atom stereocenters. The molecule has 1 saturated carbocycles. The molecule has 2 nitrogen and oxygen atoms in total. The zero-order chi connectivity index (χ0) is 12.1. The molecule has 0 bridgehead atoms. The van der Waals surface area contributed by atoms with Gasteiger partial charge in [0.1, 0.15) is 0 Å². The summed E-state index contributed by atoms with van der Waals surface area (Å²) in [4.78, 5) is 2.74. The van der Waals surface area contributed by atoms with Gasteiger partial charge in [-0.15, -0.1) is 0 Å². The van der Waals surface area contributed by atoms with Crippen molar-refractivity contribution >= 4 is 0 Å². The molecule has 17 heavy (non-hydrogen) atoms. The van der Waals surface area contributed by atoms with Gasteiger partial charge in [0.25, 0.3) is 0 Å². The maximum Gasteiger partial charge on any atom is 0.00193 e. The van der Waals surface area contributed by atoms with E-state index in [9.17, 15) is 0 Å². The van der Waals surface area contributed by atoms with Crippen molar-refractivity contribution in [1.29, 1.82) is 0 Å². The van der Waals surface area contributed by atoms with Gasteiger partial charge in [0.05, 0.1) is 0 Å². The van der Waals surface area contributed by atoms with Crippen LogP contribution in [0.5, 0.6) is 0 Å². The van der Waals surface area contributed by atoms with E-state index in [2.05, 4.69) is 24.1 Å². The molecule has 0 aromatic rings. The molecule has 0 radical (unpaired) electrons. The lowest BCUT2D eigenvalue weighted by molar-refractivity contribution is 0.154. The van der Waals surface area contributed by atoms with Gasteiger partial charge in [-0.1, -0.05) is 26.7 Å². The van der Waals surface area contributed by atoms with Crippen LogP contribution in [0.1, 0.15) is 46.0 Å². The van der Waals surface area contributed by atoms with E-state index in [1.807, 2.05) is 0 Å². The Morgan fingerprint density at radius 3 is 2.82 bits per heavy atom. The van der Waals surface area contributed by atoms with Crippen LogP contribution in [0, 0.1) is 17.8 Å². The molecule has 2 heteroatoms. The Labute approximate surface area is 107 Å². The monoisotopic (exact) mass is 238 g/mol. The van der Waals surface area contributed by atoms with Crippen LogP contribution in [0.15, 0.2) is 0 Å². The van der Waals surface area contributed by atoms with Crippen LogP contribution >= 0.6 is 0 Å². The first-order chi connectivity index (χ1) is 8.24. The fraction of sp³-hybridized carbons (Fsp3) is 1.00. The second-order valence-corrected chi connectivity index (χ2v) is 6.56. The quantitative estimate of drug-likeness (QED) is 0.796. The fourth-order valence-corrected chi connectivity index (χ4v) is 3.63. The first kappa shape index (κ1) is 13.4. The normalized spacial score (nSPS) is 37.4. The lowest BCUT2D eigenvalue weighted by atomic mass is 9.82. The highest BCUT2D eigenvalue weighted by Gasteiger charge is 2.22. The summed E-state index contributed by atoms with van der Waals surface area (Å²) in [6.45, 7) is 11.2. The largest absolute Gasteiger partial charge is 0.316 e. The van der Waals surface area contributed by atoms with Gasteiger partial charge in [-0.3, -0.25) is 0 Å². The van der Waals surface area contributed by atoms with E-state index in [1.54, 1.807) is 0 Å². The molecule has 2 fully saturated rings. The summed E-state index contributed by atoms with van der Waals surface area (Å²) in [5.74, 6) is 2.78. The van der Waals surface area contributed by atoms with Crippen LogP contribution in [-0.4, -0.2) is 37.6 Å². The third-order valence-electron chi connectivity index (χ3n) is 4.45. The van der Waals surface area contributed by atoms with Crippen LogP contribution in [-0.2, 0) is 0 Å². The highest BCUT2D eigenvalue weighted by Crippen LogP contribution is 2.29. The van der Waals surface area contributed by atoms with E-state index in [1.165, 1.54) is 64.8 Å². The van der Waals surface area contributed by atoms with E-state index in [4.69, 9.17) is 0 Å². The van der Waals surface area contributed by atoms with Crippen molar-refractivity contribution in [1.82, 2.24) is 10.2 Å². The van der Waals surface area contributed by atoms with Gasteiger partial charge in [-0.05, 0) is 56.7 Å². The first-order valence-corrected chi connectivity index (χ1v) is 7.67. The molecule has 2 rings (SSSR count). The molecule has 1 aliphatic heterocycles. The Hall–Kier alpha value is -0.0800. The molecule has 2 aliphatic rings. The summed E-state index contributed by atoms with van der Waals surface area (Å²) in [7, 11) is 0. The van der Waals surface area contributed by atoms with Gasteiger partial charge in [0, 0.05) is 13.1 Å². The van der Waals surface area contributed by atoms with Gasteiger partial charge < -0.3 is 10.2 Å². The average molecular weight is 238 g/mol. The Balaban J connectivity index is 1.78. The van der Waals surface area contributed by atoms with Gasteiger partial charge in [-0.25, -0.2) is 0 Å². The number of nitrogens with zero attached hydrogens (tertiary/aromatic N) is 1. The van der Waals surface area contributed by atoms with Gasteiger partial charge in [0.2, 0.25) is 0 Å². The van der Waals surface area contributed by atoms with Crippen molar-refractivity contribution in [3.8, 4) is 0 Å².